The van der Waals surface area contributed by atoms with Gasteiger partial charge >= 0.3 is 0 Å². The Morgan fingerprint density at radius 2 is 1.89 bits per heavy atom. The van der Waals surface area contributed by atoms with E-state index in [2.05, 4.69) is 28.2 Å². The fourth-order valence-corrected chi connectivity index (χ4v) is 3.11. The van der Waals surface area contributed by atoms with E-state index in [0.717, 1.165) is 10.0 Å². The van der Waals surface area contributed by atoms with Gasteiger partial charge in [-0.3, -0.25) is 0 Å². The van der Waals surface area contributed by atoms with Crippen LogP contribution in [0.1, 0.15) is 57.1 Å². The van der Waals surface area contributed by atoms with Gasteiger partial charge in [0.05, 0.1) is 0 Å². The third-order valence-corrected chi connectivity index (χ3v) is 4.26. The number of benzene rings is 1. The fourth-order valence-electron chi connectivity index (χ4n) is 2.74. The van der Waals surface area contributed by atoms with E-state index in [0.29, 0.717) is 6.04 Å². The number of nitrogens with one attached hydrogen (secondary N) is 1. The van der Waals surface area contributed by atoms with E-state index in [1.807, 2.05) is 6.07 Å². The molecule has 0 amide bonds. The minimum Gasteiger partial charge on any atom is -0.307 e. The molecule has 1 aromatic rings. The first-order valence-electron chi connectivity index (χ1n) is 6.88. The molecule has 0 spiro atoms. The largest absolute Gasteiger partial charge is 0.307 e. The van der Waals surface area contributed by atoms with Crippen LogP contribution in [0.4, 0.5) is 4.39 Å². The summed E-state index contributed by atoms with van der Waals surface area (Å²) in [5.74, 6) is -0.119. The Morgan fingerprint density at radius 1 is 1.22 bits per heavy atom. The van der Waals surface area contributed by atoms with E-state index in [-0.39, 0.29) is 11.9 Å². The van der Waals surface area contributed by atoms with Crippen molar-refractivity contribution in [3.05, 3.63) is 34.1 Å². The predicted octanol–water partition coefficient (Wildman–Crippen LogP) is 4.96. The van der Waals surface area contributed by atoms with E-state index in [1.54, 1.807) is 6.07 Å². The van der Waals surface area contributed by atoms with Crippen molar-refractivity contribution in [2.24, 2.45) is 0 Å². The summed E-state index contributed by atoms with van der Waals surface area (Å²) in [6.45, 7) is 2.05. The topological polar surface area (TPSA) is 12.0 Å². The van der Waals surface area contributed by atoms with Gasteiger partial charge in [0.25, 0.3) is 0 Å². The van der Waals surface area contributed by atoms with Crippen LogP contribution in [0.2, 0.25) is 0 Å². The maximum atomic E-state index is 13.8. The Kier molecular flexibility index (Phi) is 5.19. The molecule has 0 heterocycles. The smallest absolute Gasteiger partial charge is 0.128 e. The molecule has 1 atom stereocenters. The van der Waals surface area contributed by atoms with Crippen molar-refractivity contribution in [1.29, 1.82) is 0 Å². The first-order chi connectivity index (χ1) is 8.66. The molecule has 0 aromatic heterocycles. The quantitative estimate of drug-likeness (QED) is 0.777. The Labute approximate surface area is 117 Å². The predicted molar refractivity (Wildman–Crippen MR) is 77.1 cm³/mol. The van der Waals surface area contributed by atoms with Gasteiger partial charge in [0.1, 0.15) is 5.82 Å². The Hall–Kier alpha value is -0.410. The van der Waals surface area contributed by atoms with Gasteiger partial charge in [-0.25, -0.2) is 4.39 Å². The van der Waals surface area contributed by atoms with Crippen LogP contribution in [0.25, 0.3) is 0 Å². The highest BCUT2D eigenvalue weighted by atomic mass is 79.9. The molecule has 0 bridgehead atoms. The summed E-state index contributed by atoms with van der Waals surface area (Å²) in [4.78, 5) is 0. The molecule has 18 heavy (non-hydrogen) atoms. The van der Waals surface area contributed by atoms with Crippen LogP contribution in [0.15, 0.2) is 22.7 Å². The Balaban J connectivity index is 2.01. The normalized spacial score (nSPS) is 19.5. The third-order valence-electron chi connectivity index (χ3n) is 3.77. The Morgan fingerprint density at radius 3 is 2.56 bits per heavy atom. The van der Waals surface area contributed by atoms with E-state index in [9.17, 15) is 4.39 Å². The maximum absolute atomic E-state index is 13.8. The number of hydrogen-bond acceptors (Lipinski definition) is 1. The molecule has 0 radical (unpaired) electrons. The van der Waals surface area contributed by atoms with Crippen molar-refractivity contribution in [3.8, 4) is 0 Å². The molecule has 0 aliphatic heterocycles. The van der Waals surface area contributed by atoms with Gasteiger partial charge in [-0.2, -0.15) is 0 Å². The lowest BCUT2D eigenvalue weighted by Gasteiger charge is -2.22. The highest BCUT2D eigenvalue weighted by Gasteiger charge is 2.17. The van der Waals surface area contributed by atoms with Crippen molar-refractivity contribution in [3.63, 3.8) is 0 Å². The second-order valence-electron chi connectivity index (χ2n) is 5.24. The summed E-state index contributed by atoms with van der Waals surface area (Å²) < 4.78 is 14.7. The number of rotatable bonds is 3. The van der Waals surface area contributed by atoms with Crippen molar-refractivity contribution < 1.29 is 4.39 Å². The third kappa shape index (κ3) is 3.79. The van der Waals surface area contributed by atoms with Crippen LogP contribution in [-0.2, 0) is 0 Å². The first kappa shape index (κ1) is 14.0. The van der Waals surface area contributed by atoms with E-state index in [4.69, 9.17) is 0 Å². The highest BCUT2D eigenvalue weighted by Crippen LogP contribution is 2.24. The summed E-state index contributed by atoms with van der Waals surface area (Å²) in [6, 6.07) is 5.78. The summed E-state index contributed by atoms with van der Waals surface area (Å²) in [7, 11) is 0. The lowest BCUT2D eigenvalue weighted by atomic mass is 10.0. The van der Waals surface area contributed by atoms with Crippen LogP contribution in [0, 0.1) is 5.82 Å². The molecule has 1 aromatic carbocycles. The van der Waals surface area contributed by atoms with Crippen molar-refractivity contribution in [1.82, 2.24) is 5.32 Å². The van der Waals surface area contributed by atoms with E-state index >= 15 is 0 Å². The average Bonchev–Trinajstić information content (AvgIpc) is 2.61. The second-order valence-corrected chi connectivity index (χ2v) is 6.16. The molecule has 1 aliphatic rings. The zero-order valence-corrected chi connectivity index (χ0v) is 12.5. The molecular formula is C15H21BrFN. The summed E-state index contributed by atoms with van der Waals surface area (Å²) >= 11 is 3.41. The van der Waals surface area contributed by atoms with Crippen LogP contribution >= 0.6 is 15.9 Å². The van der Waals surface area contributed by atoms with Gasteiger partial charge in [0.15, 0.2) is 0 Å². The molecular weight excluding hydrogens is 293 g/mol. The molecule has 1 nitrogen and oxygen atoms in total. The summed E-state index contributed by atoms with van der Waals surface area (Å²) in [5.41, 5.74) is 0.758. The molecule has 100 valence electrons. The fraction of sp³-hybridized carbons (Fsp3) is 0.600. The number of halogens is 2. The molecule has 1 unspecified atom stereocenters. The van der Waals surface area contributed by atoms with Crippen molar-refractivity contribution in [2.75, 3.05) is 0 Å². The molecule has 1 aliphatic carbocycles. The lowest BCUT2D eigenvalue weighted by Crippen LogP contribution is -2.31. The molecule has 2 rings (SSSR count). The van der Waals surface area contributed by atoms with Crippen LogP contribution in [0.5, 0.6) is 0 Å². The molecule has 3 heteroatoms. The van der Waals surface area contributed by atoms with Gasteiger partial charge in [-0.15, -0.1) is 0 Å². The average molecular weight is 314 g/mol. The van der Waals surface area contributed by atoms with Crippen molar-refractivity contribution >= 4 is 15.9 Å². The van der Waals surface area contributed by atoms with Gasteiger partial charge in [-0.05, 0) is 38.0 Å². The lowest BCUT2D eigenvalue weighted by molar-refractivity contribution is 0.406. The van der Waals surface area contributed by atoms with Gasteiger partial charge < -0.3 is 5.32 Å². The Bertz CT molecular complexity index is 386. The highest BCUT2D eigenvalue weighted by molar-refractivity contribution is 9.10. The SMILES string of the molecule is CC(NC1CCCCCC1)c1cc(Br)ccc1F. The maximum Gasteiger partial charge on any atom is 0.128 e. The van der Waals surface area contributed by atoms with Gasteiger partial charge in [-0.1, -0.05) is 41.6 Å². The van der Waals surface area contributed by atoms with Crippen LogP contribution < -0.4 is 5.32 Å². The van der Waals surface area contributed by atoms with Crippen LogP contribution in [0.3, 0.4) is 0 Å². The zero-order chi connectivity index (χ0) is 13.0. The molecule has 1 saturated carbocycles. The summed E-state index contributed by atoms with van der Waals surface area (Å²) in [5, 5.41) is 3.58. The summed E-state index contributed by atoms with van der Waals surface area (Å²) in [6.07, 6.45) is 7.73. The molecule has 1 N–H and O–H groups in total. The standard InChI is InChI=1S/C15H21BrFN/c1-11(14-10-12(16)8-9-15(14)17)18-13-6-4-2-3-5-7-13/h8-11,13,18H,2-7H2,1H3. The van der Waals surface area contributed by atoms with Crippen molar-refractivity contribution in [2.45, 2.75) is 57.5 Å². The number of hydrogen-bond donors (Lipinski definition) is 1. The van der Waals surface area contributed by atoms with Gasteiger partial charge in [0, 0.05) is 22.1 Å². The second kappa shape index (κ2) is 6.67. The minimum atomic E-state index is -0.119. The molecule has 0 saturated heterocycles. The minimum absolute atomic E-state index is 0.0746. The first-order valence-corrected chi connectivity index (χ1v) is 7.67. The monoisotopic (exact) mass is 313 g/mol. The van der Waals surface area contributed by atoms with Crippen LogP contribution in [-0.4, -0.2) is 6.04 Å². The zero-order valence-electron chi connectivity index (χ0n) is 10.9. The van der Waals surface area contributed by atoms with E-state index < -0.39 is 0 Å². The molecule has 1 fully saturated rings. The van der Waals surface area contributed by atoms with E-state index in [1.165, 1.54) is 44.6 Å². The van der Waals surface area contributed by atoms with Gasteiger partial charge in [0.2, 0.25) is 0 Å².